The summed E-state index contributed by atoms with van der Waals surface area (Å²) in [6.45, 7) is 8.61. The molecular formula is C38H48F12N8O2S2. The van der Waals surface area contributed by atoms with Crippen LogP contribution in [0.5, 0.6) is 0 Å². The fourth-order valence-electron chi connectivity index (χ4n) is 6.15. The lowest BCUT2D eigenvalue weighted by molar-refractivity contribution is -0.144. The average molecular weight is 941 g/mol. The van der Waals surface area contributed by atoms with Crippen LogP contribution in [0.1, 0.15) is 49.9 Å². The summed E-state index contributed by atoms with van der Waals surface area (Å²) in [6.07, 6.45) is -20.3. The molecule has 1 aliphatic heterocycles. The van der Waals surface area contributed by atoms with Gasteiger partial charge >= 0.3 is 24.7 Å². The van der Waals surface area contributed by atoms with Crippen molar-refractivity contribution in [2.24, 2.45) is 11.8 Å². The van der Waals surface area contributed by atoms with Gasteiger partial charge in [0.25, 0.3) is 0 Å². The standard InChI is InChI=1S/C38H48F12N8O2S2/c1-21(2)29(53-33(61)51-27-17-23(35(39,40)41)15-24(18-27)36(42,43)44)31(59)57-11-7-55(5)9-13-58(14-10-56(6)8-12-57)32(60)30(22(3)4)54-34(62)52-28-19-25(37(45,46)47)16-26(20-28)38(48,49)50/h15-22,29-30H,7-14H2,1-6H3,(H2,51,53,61)(H2,52,54,62)/t29-,30-/m1/s1. The molecule has 3 rings (SSSR count). The van der Waals surface area contributed by atoms with E-state index >= 15 is 0 Å². The maximum Gasteiger partial charge on any atom is 0.416 e. The van der Waals surface area contributed by atoms with Crippen molar-refractivity contribution in [2.75, 3.05) is 77.1 Å². The lowest BCUT2D eigenvalue weighted by atomic mass is 10.0. The topological polar surface area (TPSA) is 95.2 Å². The van der Waals surface area contributed by atoms with E-state index in [-0.39, 0.29) is 48.5 Å². The van der Waals surface area contributed by atoms with E-state index < -0.39 is 94.1 Å². The first-order valence-corrected chi connectivity index (χ1v) is 19.9. The molecule has 2 aromatic carbocycles. The first kappa shape index (κ1) is 52.2. The van der Waals surface area contributed by atoms with Crippen LogP contribution in [0.3, 0.4) is 0 Å². The highest BCUT2D eigenvalue weighted by molar-refractivity contribution is 7.80. The number of hydrogen-bond donors (Lipinski definition) is 4. The number of alkyl halides is 12. The van der Waals surface area contributed by atoms with Crippen LogP contribution in [0.25, 0.3) is 0 Å². The number of benzene rings is 2. The molecule has 1 fully saturated rings. The zero-order valence-electron chi connectivity index (χ0n) is 34.4. The van der Waals surface area contributed by atoms with Crippen LogP contribution in [-0.4, -0.2) is 120 Å². The number of anilines is 2. The van der Waals surface area contributed by atoms with Crippen molar-refractivity contribution < 1.29 is 62.3 Å². The minimum absolute atomic E-state index is 0.0181. The van der Waals surface area contributed by atoms with Crippen LogP contribution in [0, 0.1) is 11.8 Å². The SMILES string of the molecule is CC(C)[C@@H](NC(=S)Nc1cc(C(F)(F)F)cc(C(F)(F)F)c1)C(=O)N1CCN(C)CCN(C(=O)[C@H](NC(=S)Nc2cc(C(F)(F)F)cc(C(F)(F)F)c2)C(C)C)CCN(C)CC1. The number of likely N-dealkylation sites (N-methyl/N-ethyl adjacent to an activating group) is 2. The summed E-state index contributed by atoms with van der Waals surface area (Å²) in [6, 6.07) is -0.225. The molecule has 0 saturated carbocycles. The van der Waals surface area contributed by atoms with E-state index in [0.717, 1.165) is 0 Å². The first-order valence-electron chi connectivity index (χ1n) is 19.1. The molecule has 0 spiro atoms. The van der Waals surface area contributed by atoms with Crippen molar-refractivity contribution in [3.05, 3.63) is 58.7 Å². The number of carbonyl (C=O) groups is 2. The van der Waals surface area contributed by atoms with Crippen molar-refractivity contribution in [1.29, 1.82) is 0 Å². The highest BCUT2D eigenvalue weighted by Crippen LogP contribution is 2.39. The van der Waals surface area contributed by atoms with Crippen molar-refractivity contribution in [2.45, 2.75) is 64.5 Å². The Labute approximate surface area is 361 Å². The van der Waals surface area contributed by atoms with Gasteiger partial charge in [0.1, 0.15) is 12.1 Å². The molecule has 348 valence electrons. The van der Waals surface area contributed by atoms with Gasteiger partial charge in [0, 0.05) is 63.7 Å². The number of hydrogen-bond acceptors (Lipinski definition) is 6. The second-order valence-corrected chi connectivity index (χ2v) is 16.3. The van der Waals surface area contributed by atoms with Crippen LogP contribution in [-0.2, 0) is 34.3 Å². The van der Waals surface area contributed by atoms with Crippen molar-refractivity contribution in [1.82, 2.24) is 30.2 Å². The Morgan fingerprint density at radius 1 is 0.484 bits per heavy atom. The molecule has 0 radical (unpaired) electrons. The predicted molar refractivity (Wildman–Crippen MR) is 217 cm³/mol. The molecule has 62 heavy (non-hydrogen) atoms. The molecule has 1 saturated heterocycles. The second kappa shape index (κ2) is 21.0. The lowest BCUT2D eigenvalue weighted by Gasteiger charge is -2.36. The summed E-state index contributed by atoms with van der Waals surface area (Å²) >= 11 is 10.5. The van der Waals surface area contributed by atoms with Gasteiger partial charge in [-0.05, 0) is 86.8 Å². The predicted octanol–water partition coefficient (Wildman–Crippen LogP) is 7.62. The Morgan fingerprint density at radius 2 is 0.726 bits per heavy atom. The van der Waals surface area contributed by atoms with Crippen LogP contribution in [0.4, 0.5) is 64.1 Å². The zero-order chi connectivity index (χ0) is 47.1. The van der Waals surface area contributed by atoms with Crippen molar-refractivity contribution >= 4 is 57.8 Å². The smallest absolute Gasteiger partial charge is 0.350 e. The third kappa shape index (κ3) is 15.6. The maximum absolute atomic E-state index is 14.0. The van der Waals surface area contributed by atoms with Gasteiger partial charge in [-0.15, -0.1) is 0 Å². The Balaban J connectivity index is 1.72. The lowest BCUT2D eigenvalue weighted by Crippen LogP contribution is -2.56. The van der Waals surface area contributed by atoms with E-state index in [0.29, 0.717) is 50.4 Å². The second-order valence-electron chi connectivity index (χ2n) is 15.5. The summed E-state index contributed by atoms with van der Waals surface area (Å²) in [5, 5.41) is 9.46. The Morgan fingerprint density at radius 3 is 0.935 bits per heavy atom. The molecule has 0 aromatic heterocycles. The molecule has 0 aliphatic carbocycles. The van der Waals surface area contributed by atoms with Crippen LogP contribution in [0.15, 0.2) is 36.4 Å². The molecule has 10 nitrogen and oxygen atoms in total. The van der Waals surface area contributed by atoms with E-state index in [2.05, 4.69) is 21.3 Å². The molecular weight excluding hydrogens is 893 g/mol. The third-order valence-electron chi connectivity index (χ3n) is 9.76. The van der Waals surface area contributed by atoms with E-state index in [9.17, 15) is 62.3 Å². The number of nitrogens with one attached hydrogen (secondary N) is 4. The highest BCUT2D eigenvalue weighted by atomic mass is 32.1. The monoisotopic (exact) mass is 940 g/mol. The first-order chi connectivity index (χ1) is 28.4. The summed E-state index contributed by atoms with van der Waals surface area (Å²) in [5.74, 6) is -1.76. The van der Waals surface area contributed by atoms with Crippen molar-refractivity contribution in [3.63, 3.8) is 0 Å². The minimum Gasteiger partial charge on any atom is -0.350 e. The van der Waals surface area contributed by atoms with Crippen LogP contribution >= 0.6 is 24.4 Å². The van der Waals surface area contributed by atoms with Gasteiger partial charge in [0.2, 0.25) is 11.8 Å². The average Bonchev–Trinajstić information content (AvgIpc) is 3.13. The summed E-state index contributed by atoms with van der Waals surface area (Å²) in [7, 11) is 3.48. The molecule has 2 amide bonds. The Hall–Kier alpha value is -4.16. The molecule has 0 bridgehead atoms. The summed E-state index contributed by atoms with van der Waals surface area (Å²) in [5.41, 5.74) is -7.37. The van der Waals surface area contributed by atoms with E-state index in [4.69, 9.17) is 24.4 Å². The van der Waals surface area contributed by atoms with Gasteiger partial charge in [-0.25, -0.2) is 0 Å². The number of thiocarbonyl (C=S) groups is 2. The number of halogens is 12. The van der Waals surface area contributed by atoms with Crippen LogP contribution < -0.4 is 21.3 Å². The largest absolute Gasteiger partial charge is 0.416 e. The molecule has 1 heterocycles. The number of carbonyl (C=O) groups excluding carboxylic acids is 2. The number of amides is 2. The van der Waals surface area contributed by atoms with Gasteiger partial charge in [-0.1, -0.05) is 27.7 Å². The van der Waals surface area contributed by atoms with E-state index in [1.807, 2.05) is 9.80 Å². The number of nitrogens with zero attached hydrogens (tertiary/aromatic N) is 4. The van der Waals surface area contributed by atoms with E-state index in [1.165, 1.54) is 0 Å². The molecule has 0 unspecified atom stereocenters. The van der Waals surface area contributed by atoms with Gasteiger partial charge < -0.3 is 40.9 Å². The Bertz CT molecular complexity index is 1680. The molecule has 2 atom stereocenters. The number of rotatable bonds is 8. The maximum atomic E-state index is 14.0. The van der Waals surface area contributed by atoms with Gasteiger partial charge in [0.05, 0.1) is 22.3 Å². The fourth-order valence-corrected chi connectivity index (χ4v) is 6.63. The van der Waals surface area contributed by atoms with Gasteiger partial charge in [-0.3, -0.25) is 9.59 Å². The molecule has 24 heteroatoms. The quantitative estimate of drug-likeness (QED) is 0.157. The summed E-state index contributed by atoms with van der Waals surface area (Å²) < 4.78 is 161. The zero-order valence-corrected chi connectivity index (χ0v) is 36.0. The third-order valence-corrected chi connectivity index (χ3v) is 10.2. The normalized spacial score (nSPS) is 16.9. The van der Waals surface area contributed by atoms with Crippen molar-refractivity contribution in [3.8, 4) is 0 Å². The van der Waals surface area contributed by atoms with Crippen LogP contribution in [0.2, 0.25) is 0 Å². The summed E-state index contributed by atoms with van der Waals surface area (Å²) in [4.78, 5) is 34.8. The van der Waals surface area contributed by atoms with E-state index in [1.54, 1.807) is 51.6 Å². The Kier molecular flexibility index (Phi) is 17.7. The molecule has 4 N–H and O–H groups in total. The minimum atomic E-state index is -5.09. The van der Waals surface area contributed by atoms with Gasteiger partial charge in [-0.2, -0.15) is 52.7 Å². The highest BCUT2D eigenvalue weighted by Gasteiger charge is 2.39. The van der Waals surface area contributed by atoms with Gasteiger partial charge in [0.15, 0.2) is 10.2 Å². The molecule has 1 aliphatic rings. The molecule has 2 aromatic rings. The fraction of sp³-hybridized carbons (Fsp3) is 0.579.